The number of thiophene rings is 1. The highest BCUT2D eigenvalue weighted by Crippen LogP contribution is 2.29. The molecule has 1 aromatic heterocycles. The highest BCUT2D eigenvalue weighted by atomic mass is 35.5. The van der Waals surface area contributed by atoms with Crippen molar-refractivity contribution in [1.29, 1.82) is 5.26 Å². The van der Waals surface area contributed by atoms with Crippen LogP contribution in [0.15, 0.2) is 53.9 Å². The van der Waals surface area contributed by atoms with E-state index in [1.165, 1.54) is 10.1 Å². The highest BCUT2D eigenvalue weighted by molar-refractivity contribution is 7.17. The summed E-state index contributed by atoms with van der Waals surface area (Å²) in [6, 6.07) is 17.8. The molecule has 0 atom stereocenters. The van der Waals surface area contributed by atoms with Gasteiger partial charge in [-0.1, -0.05) is 41.9 Å². The maximum atomic E-state index is 9.37. The minimum atomic E-state index is 0.644. The number of fused-ring (bicyclic) bond motifs is 1. The smallest absolute Gasteiger partial charge is 0.0998 e. The summed E-state index contributed by atoms with van der Waals surface area (Å²) in [5.74, 6) is 0. The Labute approximate surface area is 126 Å². The molecule has 3 rings (SSSR count). The number of hydrogen-bond acceptors (Lipinski definition) is 2. The lowest BCUT2D eigenvalue weighted by molar-refractivity contribution is 1.52. The lowest BCUT2D eigenvalue weighted by Gasteiger charge is -1.99. The summed E-state index contributed by atoms with van der Waals surface area (Å²) in [6.07, 6.45) is 1.93. The molecule has 0 fully saturated rings. The fourth-order valence-corrected chi connectivity index (χ4v) is 3.12. The molecule has 0 unspecified atom stereocenters. The monoisotopic (exact) mass is 295 g/mol. The fraction of sp³-hybridized carbons (Fsp3) is 0. The fourth-order valence-electron chi connectivity index (χ4n) is 2.08. The van der Waals surface area contributed by atoms with Crippen LogP contribution in [0.25, 0.3) is 21.7 Å². The van der Waals surface area contributed by atoms with Crippen molar-refractivity contribution in [2.45, 2.75) is 0 Å². The number of halogens is 1. The van der Waals surface area contributed by atoms with Gasteiger partial charge in [0.25, 0.3) is 0 Å². The van der Waals surface area contributed by atoms with Crippen LogP contribution in [0.4, 0.5) is 0 Å². The zero-order valence-corrected chi connectivity index (χ0v) is 12.1. The van der Waals surface area contributed by atoms with E-state index in [1.54, 1.807) is 23.5 Å². The number of allylic oxidation sites excluding steroid dienone is 1. The molecular formula is C17H10ClNS. The van der Waals surface area contributed by atoms with E-state index in [2.05, 4.69) is 23.6 Å². The number of rotatable bonds is 2. The molecule has 0 amide bonds. The molecule has 20 heavy (non-hydrogen) atoms. The van der Waals surface area contributed by atoms with Gasteiger partial charge in [0.1, 0.15) is 0 Å². The standard InChI is InChI=1S/C17H10ClNS/c18-15-7-5-12(6-8-15)13(10-19)9-14-11-20-17-4-2-1-3-16(14)17/h1-9,11H/b13-9+. The zero-order valence-electron chi connectivity index (χ0n) is 10.5. The Morgan fingerprint density at radius 1 is 1.10 bits per heavy atom. The van der Waals surface area contributed by atoms with Gasteiger partial charge in [0.15, 0.2) is 0 Å². The Morgan fingerprint density at radius 2 is 1.85 bits per heavy atom. The molecule has 3 aromatic rings. The number of nitrogens with zero attached hydrogens (tertiary/aromatic N) is 1. The number of nitriles is 1. The SMILES string of the molecule is N#C/C(=C\c1csc2ccccc12)c1ccc(Cl)cc1. The number of hydrogen-bond donors (Lipinski definition) is 0. The molecule has 0 spiro atoms. The van der Waals surface area contributed by atoms with E-state index in [0.717, 1.165) is 11.1 Å². The summed E-state index contributed by atoms with van der Waals surface area (Å²) in [7, 11) is 0. The van der Waals surface area contributed by atoms with Gasteiger partial charge in [-0.15, -0.1) is 11.3 Å². The number of benzene rings is 2. The average molecular weight is 296 g/mol. The molecule has 0 bridgehead atoms. The maximum absolute atomic E-state index is 9.37. The van der Waals surface area contributed by atoms with Gasteiger partial charge in [-0.3, -0.25) is 0 Å². The Balaban J connectivity index is 2.09. The average Bonchev–Trinajstić information content (AvgIpc) is 2.89. The van der Waals surface area contributed by atoms with Crippen LogP contribution >= 0.6 is 22.9 Å². The molecule has 96 valence electrons. The van der Waals surface area contributed by atoms with Crippen LogP contribution < -0.4 is 0 Å². The van der Waals surface area contributed by atoms with E-state index >= 15 is 0 Å². The summed E-state index contributed by atoms with van der Waals surface area (Å²) in [6.45, 7) is 0. The Hall–Kier alpha value is -2.08. The van der Waals surface area contributed by atoms with Crippen molar-refractivity contribution >= 4 is 44.7 Å². The maximum Gasteiger partial charge on any atom is 0.0998 e. The van der Waals surface area contributed by atoms with Crippen molar-refractivity contribution in [3.05, 3.63) is 70.1 Å². The topological polar surface area (TPSA) is 23.8 Å². The van der Waals surface area contributed by atoms with E-state index < -0.39 is 0 Å². The molecule has 0 saturated heterocycles. The molecule has 0 saturated carbocycles. The van der Waals surface area contributed by atoms with E-state index in [9.17, 15) is 5.26 Å². The van der Waals surface area contributed by atoms with Gasteiger partial charge in [0.2, 0.25) is 0 Å². The first-order valence-electron chi connectivity index (χ1n) is 6.12. The van der Waals surface area contributed by atoms with Crippen molar-refractivity contribution in [2.75, 3.05) is 0 Å². The van der Waals surface area contributed by atoms with Gasteiger partial charge >= 0.3 is 0 Å². The van der Waals surface area contributed by atoms with Crippen molar-refractivity contribution in [2.24, 2.45) is 0 Å². The Morgan fingerprint density at radius 3 is 2.60 bits per heavy atom. The summed E-state index contributed by atoms with van der Waals surface area (Å²) in [5.41, 5.74) is 2.61. The first-order valence-corrected chi connectivity index (χ1v) is 7.37. The molecule has 0 aliphatic carbocycles. The van der Waals surface area contributed by atoms with Crippen LogP contribution in [-0.4, -0.2) is 0 Å². The molecule has 1 nitrogen and oxygen atoms in total. The summed E-state index contributed by atoms with van der Waals surface area (Å²) >= 11 is 7.57. The Bertz CT molecular complexity index is 822. The van der Waals surface area contributed by atoms with Gasteiger partial charge in [0.05, 0.1) is 11.6 Å². The second kappa shape index (κ2) is 5.50. The molecule has 0 aliphatic heterocycles. The minimum Gasteiger partial charge on any atom is -0.192 e. The second-order valence-corrected chi connectivity index (χ2v) is 5.71. The van der Waals surface area contributed by atoms with Crippen molar-refractivity contribution in [1.82, 2.24) is 0 Å². The van der Waals surface area contributed by atoms with E-state index in [0.29, 0.717) is 10.6 Å². The molecule has 0 aliphatic rings. The lowest BCUT2D eigenvalue weighted by Crippen LogP contribution is -1.81. The van der Waals surface area contributed by atoms with E-state index in [4.69, 9.17) is 11.6 Å². The predicted molar refractivity (Wildman–Crippen MR) is 86.8 cm³/mol. The normalized spacial score (nSPS) is 11.5. The van der Waals surface area contributed by atoms with E-state index in [1.807, 2.05) is 30.3 Å². The third-order valence-electron chi connectivity index (χ3n) is 3.09. The first-order chi connectivity index (χ1) is 9.78. The van der Waals surface area contributed by atoms with Crippen molar-refractivity contribution in [3.63, 3.8) is 0 Å². The van der Waals surface area contributed by atoms with E-state index in [-0.39, 0.29) is 0 Å². The third kappa shape index (κ3) is 2.46. The van der Waals surface area contributed by atoms with Crippen LogP contribution in [0.3, 0.4) is 0 Å². The van der Waals surface area contributed by atoms with Gasteiger partial charge in [-0.2, -0.15) is 5.26 Å². The van der Waals surface area contributed by atoms with Crippen LogP contribution in [-0.2, 0) is 0 Å². The van der Waals surface area contributed by atoms with Gasteiger partial charge < -0.3 is 0 Å². The molecule has 3 heteroatoms. The molecule has 2 aromatic carbocycles. The summed E-state index contributed by atoms with van der Waals surface area (Å²) in [5, 5.41) is 13.3. The van der Waals surface area contributed by atoms with Crippen LogP contribution in [0.2, 0.25) is 5.02 Å². The van der Waals surface area contributed by atoms with Gasteiger partial charge in [-0.25, -0.2) is 0 Å². The largest absolute Gasteiger partial charge is 0.192 e. The van der Waals surface area contributed by atoms with Crippen LogP contribution in [0, 0.1) is 11.3 Å². The van der Waals surface area contributed by atoms with Crippen LogP contribution in [0.1, 0.15) is 11.1 Å². The lowest BCUT2D eigenvalue weighted by atomic mass is 10.0. The second-order valence-electron chi connectivity index (χ2n) is 4.36. The minimum absolute atomic E-state index is 0.644. The van der Waals surface area contributed by atoms with Gasteiger partial charge in [-0.05, 0) is 46.2 Å². The quantitative estimate of drug-likeness (QED) is 0.563. The highest BCUT2D eigenvalue weighted by Gasteiger charge is 2.05. The third-order valence-corrected chi connectivity index (χ3v) is 4.32. The summed E-state index contributed by atoms with van der Waals surface area (Å²) in [4.78, 5) is 0. The summed E-state index contributed by atoms with van der Waals surface area (Å²) < 4.78 is 1.23. The van der Waals surface area contributed by atoms with Crippen molar-refractivity contribution in [3.8, 4) is 6.07 Å². The zero-order chi connectivity index (χ0) is 13.9. The molecule has 0 radical (unpaired) electrons. The molecular weight excluding hydrogens is 286 g/mol. The molecule has 1 heterocycles. The Kier molecular flexibility index (Phi) is 3.56. The van der Waals surface area contributed by atoms with Crippen LogP contribution in [0.5, 0.6) is 0 Å². The predicted octanol–water partition coefficient (Wildman–Crippen LogP) is 5.62. The van der Waals surface area contributed by atoms with Gasteiger partial charge in [0, 0.05) is 9.72 Å². The first kappa shape index (κ1) is 12.9. The molecule has 0 N–H and O–H groups in total. The van der Waals surface area contributed by atoms with Crippen molar-refractivity contribution < 1.29 is 0 Å².